The van der Waals surface area contributed by atoms with Gasteiger partial charge in [-0.05, 0) is 47.4 Å². The molecule has 0 radical (unpaired) electrons. The predicted octanol–water partition coefficient (Wildman–Crippen LogP) is 7.05. The first-order valence-corrected chi connectivity index (χ1v) is 11.3. The van der Waals surface area contributed by atoms with Gasteiger partial charge < -0.3 is 0 Å². The summed E-state index contributed by atoms with van der Waals surface area (Å²) in [5.41, 5.74) is 4.31. The fourth-order valence-corrected chi connectivity index (χ4v) is 4.43. The molecule has 0 N–H and O–H groups in total. The maximum atomic E-state index is 6.18. The Hall–Kier alpha value is -2.34. The number of rotatable bonds is 6. The van der Waals surface area contributed by atoms with Crippen LogP contribution in [0.3, 0.4) is 0 Å². The molecule has 0 unspecified atom stereocenters. The van der Waals surface area contributed by atoms with E-state index < -0.39 is 0 Å². The number of hydrogen-bond acceptors (Lipinski definition) is 4. The van der Waals surface area contributed by atoms with Crippen LogP contribution < -0.4 is 0 Å². The van der Waals surface area contributed by atoms with Crippen LogP contribution in [0.2, 0.25) is 10.0 Å². The molecular formula is C23H20Cl2N4S. The molecule has 2 heterocycles. The largest absolute Gasteiger partial charge is 0.270 e. The molecule has 2 aromatic heterocycles. The van der Waals surface area contributed by atoms with Crippen LogP contribution in [-0.2, 0) is 5.75 Å². The third-order valence-electron chi connectivity index (χ3n) is 4.70. The molecule has 0 bridgehead atoms. The Labute approximate surface area is 190 Å². The van der Waals surface area contributed by atoms with Crippen LogP contribution in [-0.4, -0.2) is 19.7 Å². The third kappa shape index (κ3) is 4.38. The molecule has 7 heteroatoms. The van der Waals surface area contributed by atoms with Crippen molar-refractivity contribution in [2.24, 2.45) is 0 Å². The SMILES string of the molecule is CC(C)c1ccccc1-n1c(SCc2ccc(Cl)c(Cl)c2)nnc1-c1cccnc1. The Balaban J connectivity index is 1.78. The van der Waals surface area contributed by atoms with Crippen molar-refractivity contribution in [2.45, 2.75) is 30.7 Å². The normalized spacial score (nSPS) is 11.2. The van der Waals surface area contributed by atoms with Gasteiger partial charge in [-0.1, -0.05) is 73.1 Å². The van der Waals surface area contributed by atoms with Crippen molar-refractivity contribution < 1.29 is 0 Å². The zero-order chi connectivity index (χ0) is 21.1. The number of pyridine rings is 1. The summed E-state index contributed by atoms with van der Waals surface area (Å²) in [6, 6.07) is 18.0. The Morgan fingerprint density at radius 3 is 2.53 bits per heavy atom. The summed E-state index contributed by atoms with van der Waals surface area (Å²) < 4.78 is 2.12. The lowest BCUT2D eigenvalue weighted by Crippen LogP contribution is -2.05. The monoisotopic (exact) mass is 454 g/mol. The zero-order valence-corrected chi connectivity index (χ0v) is 18.9. The minimum atomic E-state index is 0.360. The lowest BCUT2D eigenvalue weighted by atomic mass is 10.0. The summed E-state index contributed by atoms with van der Waals surface area (Å²) in [5.74, 6) is 1.83. The molecule has 30 heavy (non-hydrogen) atoms. The van der Waals surface area contributed by atoms with Gasteiger partial charge in [-0.3, -0.25) is 9.55 Å². The molecule has 2 aromatic carbocycles. The second-order valence-corrected chi connectivity index (χ2v) is 8.89. The summed E-state index contributed by atoms with van der Waals surface area (Å²) in [7, 11) is 0. The molecule has 0 aliphatic heterocycles. The lowest BCUT2D eigenvalue weighted by molar-refractivity contribution is 0.818. The number of benzene rings is 2. The van der Waals surface area contributed by atoms with E-state index in [1.165, 1.54) is 5.56 Å². The van der Waals surface area contributed by atoms with Crippen molar-refractivity contribution in [3.8, 4) is 17.1 Å². The zero-order valence-electron chi connectivity index (χ0n) is 16.6. The van der Waals surface area contributed by atoms with E-state index in [4.69, 9.17) is 23.2 Å². The Morgan fingerprint density at radius 1 is 0.967 bits per heavy atom. The van der Waals surface area contributed by atoms with Gasteiger partial charge in [0.1, 0.15) is 0 Å². The summed E-state index contributed by atoms with van der Waals surface area (Å²) in [4.78, 5) is 4.26. The van der Waals surface area contributed by atoms with E-state index in [9.17, 15) is 0 Å². The van der Waals surface area contributed by atoms with Gasteiger partial charge in [-0.15, -0.1) is 10.2 Å². The number of aromatic nitrogens is 4. The summed E-state index contributed by atoms with van der Waals surface area (Å²) >= 11 is 13.8. The highest BCUT2D eigenvalue weighted by Gasteiger charge is 2.19. The third-order valence-corrected chi connectivity index (χ3v) is 6.44. The van der Waals surface area contributed by atoms with Crippen LogP contribution in [0.4, 0.5) is 0 Å². The van der Waals surface area contributed by atoms with E-state index in [1.54, 1.807) is 18.0 Å². The van der Waals surface area contributed by atoms with Crippen molar-refractivity contribution in [3.05, 3.63) is 88.2 Å². The average Bonchev–Trinajstić information content (AvgIpc) is 3.19. The molecular weight excluding hydrogens is 435 g/mol. The standard InChI is InChI=1S/C23H20Cl2N4S/c1-15(2)18-7-3-4-8-21(18)29-22(17-6-5-11-26-13-17)27-28-23(29)30-14-16-9-10-19(24)20(25)12-16/h3-13,15H,14H2,1-2H3. The first-order valence-electron chi connectivity index (χ1n) is 9.56. The van der Waals surface area contributed by atoms with Crippen molar-refractivity contribution >= 4 is 35.0 Å². The van der Waals surface area contributed by atoms with Gasteiger partial charge >= 0.3 is 0 Å². The molecule has 0 amide bonds. The summed E-state index contributed by atoms with van der Waals surface area (Å²) in [6.45, 7) is 4.38. The van der Waals surface area contributed by atoms with Gasteiger partial charge in [-0.25, -0.2) is 0 Å². The topological polar surface area (TPSA) is 43.6 Å². The van der Waals surface area contributed by atoms with Crippen LogP contribution in [0.15, 0.2) is 72.1 Å². The highest BCUT2D eigenvalue weighted by molar-refractivity contribution is 7.98. The Bertz CT molecular complexity index is 1160. The molecule has 0 saturated heterocycles. The maximum Gasteiger partial charge on any atom is 0.196 e. The Morgan fingerprint density at radius 2 is 1.80 bits per heavy atom. The maximum absolute atomic E-state index is 6.18. The average molecular weight is 455 g/mol. The van der Waals surface area contributed by atoms with Crippen LogP contribution in [0.25, 0.3) is 17.1 Å². The van der Waals surface area contributed by atoms with E-state index in [0.717, 1.165) is 27.8 Å². The number of halogens is 2. The van der Waals surface area contributed by atoms with Gasteiger partial charge in [-0.2, -0.15) is 0 Å². The fourth-order valence-electron chi connectivity index (χ4n) is 3.22. The molecule has 0 saturated carbocycles. The molecule has 0 atom stereocenters. The predicted molar refractivity (Wildman–Crippen MR) is 125 cm³/mol. The van der Waals surface area contributed by atoms with Gasteiger partial charge in [0.25, 0.3) is 0 Å². The molecule has 4 rings (SSSR count). The van der Waals surface area contributed by atoms with Gasteiger partial charge in [0.2, 0.25) is 0 Å². The molecule has 0 aliphatic rings. The van der Waals surface area contributed by atoms with Gasteiger partial charge in [0.05, 0.1) is 15.7 Å². The van der Waals surface area contributed by atoms with Gasteiger partial charge in [0, 0.05) is 23.7 Å². The number of hydrogen-bond donors (Lipinski definition) is 0. The minimum absolute atomic E-state index is 0.360. The number of para-hydroxylation sites is 1. The second-order valence-electron chi connectivity index (χ2n) is 7.13. The smallest absolute Gasteiger partial charge is 0.196 e. The van der Waals surface area contributed by atoms with E-state index >= 15 is 0 Å². The van der Waals surface area contributed by atoms with E-state index in [1.807, 2.05) is 42.6 Å². The lowest BCUT2D eigenvalue weighted by Gasteiger charge is -2.17. The molecule has 4 aromatic rings. The number of thioether (sulfide) groups is 1. The van der Waals surface area contributed by atoms with Crippen molar-refractivity contribution in [2.75, 3.05) is 0 Å². The van der Waals surface area contributed by atoms with Crippen LogP contribution in [0, 0.1) is 0 Å². The quantitative estimate of drug-likeness (QED) is 0.292. The van der Waals surface area contributed by atoms with E-state index in [-0.39, 0.29) is 0 Å². The van der Waals surface area contributed by atoms with Crippen molar-refractivity contribution in [3.63, 3.8) is 0 Å². The molecule has 152 valence electrons. The number of nitrogens with zero attached hydrogens (tertiary/aromatic N) is 4. The van der Waals surface area contributed by atoms with Gasteiger partial charge in [0.15, 0.2) is 11.0 Å². The Kier molecular flexibility index (Phi) is 6.42. The summed E-state index contributed by atoms with van der Waals surface area (Å²) in [5, 5.41) is 10.9. The van der Waals surface area contributed by atoms with E-state index in [2.05, 4.69) is 51.8 Å². The second kappa shape index (κ2) is 9.21. The molecule has 0 spiro atoms. The molecule has 0 aliphatic carbocycles. The van der Waals surface area contributed by atoms with Crippen molar-refractivity contribution in [1.82, 2.24) is 19.7 Å². The first-order chi connectivity index (χ1) is 14.5. The highest BCUT2D eigenvalue weighted by atomic mass is 35.5. The van der Waals surface area contributed by atoms with Crippen molar-refractivity contribution in [1.29, 1.82) is 0 Å². The van der Waals surface area contributed by atoms with Crippen LogP contribution in [0.5, 0.6) is 0 Å². The molecule has 4 nitrogen and oxygen atoms in total. The van der Waals surface area contributed by atoms with Crippen LogP contribution in [0.1, 0.15) is 30.9 Å². The van der Waals surface area contributed by atoms with Crippen LogP contribution >= 0.6 is 35.0 Å². The first kappa shape index (κ1) is 20.9. The minimum Gasteiger partial charge on any atom is -0.270 e. The fraction of sp³-hybridized carbons (Fsp3) is 0.174. The molecule has 0 fully saturated rings. The highest BCUT2D eigenvalue weighted by Crippen LogP contribution is 2.33. The van der Waals surface area contributed by atoms with E-state index in [0.29, 0.717) is 21.7 Å². The summed E-state index contributed by atoms with van der Waals surface area (Å²) in [6.07, 6.45) is 3.57.